The van der Waals surface area contributed by atoms with Gasteiger partial charge >= 0.3 is 6.03 Å². The Morgan fingerprint density at radius 1 is 1.33 bits per heavy atom. The Balaban J connectivity index is 2.67. The van der Waals surface area contributed by atoms with E-state index in [1.54, 1.807) is 32.2 Å². The number of aromatic nitrogens is 1. The summed E-state index contributed by atoms with van der Waals surface area (Å²) in [6.45, 7) is 7.67. The third-order valence-electron chi connectivity index (χ3n) is 2.46. The van der Waals surface area contributed by atoms with Gasteiger partial charge in [-0.05, 0) is 39.8 Å². The van der Waals surface area contributed by atoms with E-state index in [4.69, 9.17) is 4.74 Å². The zero-order valence-corrected chi connectivity index (χ0v) is 12.8. The zero-order chi connectivity index (χ0) is 15.8. The van der Waals surface area contributed by atoms with Crippen molar-refractivity contribution in [1.29, 1.82) is 0 Å². The van der Waals surface area contributed by atoms with Gasteiger partial charge in [0.05, 0.1) is 11.8 Å². The lowest BCUT2D eigenvalue weighted by Gasteiger charge is -2.18. The van der Waals surface area contributed by atoms with Crippen LogP contribution in [0.2, 0.25) is 0 Å². The van der Waals surface area contributed by atoms with Crippen LogP contribution in [0.3, 0.4) is 0 Å². The van der Waals surface area contributed by atoms with Gasteiger partial charge in [-0.2, -0.15) is 0 Å². The van der Waals surface area contributed by atoms with Crippen molar-refractivity contribution in [1.82, 2.24) is 15.6 Å². The highest BCUT2D eigenvalue weighted by molar-refractivity contribution is 5.98. The Hall–Kier alpha value is -2.31. The van der Waals surface area contributed by atoms with Crippen molar-refractivity contribution >= 4 is 17.6 Å². The molecule has 0 fully saturated rings. The lowest BCUT2D eigenvalue weighted by atomic mass is 10.3. The van der Waals surface area contributed by atoms with E-state index >= 15 is 0 Å². The van der Waals surface area contributed by atoms with E-state index in [-0.39, 0.29) is 6.10 Å². The summed E-state index contributed by atoms with van der Waals surface area (Å²) in [4.78, 5) is 27.3. The third-order valence-corrected chi connectivity index (χ3v) is 2.46. The molecule has 0 aliphatic carbocycles. The van der Waals surface area contributed by atoms with Crippen LogP contribution in [0.1, 0.15) is 27.7 Å². The summed E-state index contributed by atoms with van der Waals surface area (Å²) >= 11 is 0. The highest BCUT2D eigenvalue weighted by Crippen LogP contribution is 2.22. The molecule has 1 aromatic heterocycles. The van der Waals surface area contributed by atoms with E-state index in [0.29, 0.717) is 18.1 Å². The van der Waals surface area contributed by atoms with Crippen molar-refractivity contribution in [2.24, 2.45) is 0 Å². The molecule has 3 N–H and O–H groups in total. The van der Waals surface area contributed by atoms with Crippen LogP contribution in [0.5, 0.6) is 5.88 Å². The highest BCUT2D eigenvalue weighted by Gasteiger charge is 2.17. The van der Waals surface area contributed by atoms with Gasteiger partial charge in [0.2, 0.25) is 11.8 Å². The van der Waals surface area contributed by atoms with Crippen molar-refractivity contribution in [3.8, 4) is 5.88 Å². The first-order valence-corrected chi connectivity index (χ1v) is 6.91. The maximum atomic E-state index is 11.9. The molecule has 0 bridgehead atoms. The average molecular weight is 294 g/mol. The second kappa shape index (κ2) is 8.08. The number of hydrogen-bond acceptors (Lipinski definition) is 5. The van der Waals surface area contributed by atoms with Gasteiger partial charge in [0.1, 0.15) is 6.04 Å². The Morgan fingerprint density at radius 2 is 2.05 bits per heavy atom. The number of urea groups is 1. The molecule has 116 valence electrons. The standard InChI is InChI=1S/C14H22N4O3/c1-5-15-14(20)18-12(19)10(4)17-11-7-6-8-16-13(11)21-9(2)3/h6-10,17H,5H2,1-4H3,(H2,15,18,19,20). The lowest BCUT2D eigenvalue weighted by molar-refractivity contribution is -0.120. The van der Waals surface area contributed by atoms with Gasteiger partial charge < -0.3 is 15.4 Å². The minimum absolute atomic E-state index is 0.0279. The Morgan fingerprint density at radius 3 is 2.67 bits per heavy atom. The second-order valence-corrected chi connectivity index (χ2v) is 4.74. The molecule has 7 heteroatoms. The minimum Gasteiger partial charge on any atom is -0.473 e. The molecule has 1 atom stereocenters. The van der Waals surface area contributed by atoms with Crippen LogP contribution < -0.4 is 20.7 Å². The van der Waals surface area contributed by atoms with Crippen molar-refractivity contribution in [2.75, 3.05) is 11.9 Å². The summed E-state index contributed by atoms with van der Waals surface area (Å²) in [7, 11) is 0. The number of pyridine rings is 1. The summed E-state index contributed by atoms with van der Waals surface area (Å²) in [5.41, 5.74) is 0.602. The molecule has 0 saturated heterocycles. The first-order valence-electron chi connectivity index (χ1n) is 6.91. The average Bonchev–Trinajstić information content (AvgIpc) is 2.40. The molecule has 1 unspecified atom stereocenters. The summed E-state index contributed by atoms with van der Waals surface area (Å²) in [5.74, 6) is -0.00883. The fourth-order valence-corrected chi connectivity index (χ4v) is 1.54. The summed E-state index contributed by atoms with van der Waals surface area (Å²) in [6.07, 6.45) is 1.59. The predicted molar refractivity (Wildman–Crippen MR) is 80.3 cm³/mol. The van der Waals surface area contributed by atoms with Gasteiger partial charge in [-0.15, -0.1) is 0 Å². The molecular weight excluding hydrogens is 272 g/mol. The molecule has 0 aromatic carbocycles. The van der Waals surface area contributed by atoms with Crippen molar-refractivity contribution < 1.29 is 14.3 Å². The third kappa shape index (κ3) is 5.68. The van der Waals surface area contributed by atoms with Crippen molar-refractivity contribution in [3.63, 3.8) is 0 Å². The molecule has 0 spiro atoms. The number of carbonyl (C=O) groups excluding carboxylic acids is 2. The largest absolute Gasteiger partial charge is 0.473 e. The zero-order valence-electron chi connectivity index (χ0n) is 12.8. The van der Waals surface area contributed by atoms with E-state index in [1.807, 2.05) is 13.8 Å². The number of nitrogens with zero attached hydrogens (tertiary/aromatic N) is 1. The topological polar surface area (TPSA) is 92.4 Å². The van der Waals surface area contributed by atoms with Gasteiger partial charge in [-0.25, -0.2) is 9.78 Å². The van der Waals surface area contributed by atoms with E-state index in [2.05, 4.69) is 20.9 Å². The van der Waals surface area contributed by atoms with E-state index in [9.17, 15) is 9.59 Å². The maximum absolute atomic E-state index is 11.9. The van der Waals surface area contributed by atoms with Crippen LogP contribution in [0.4, 0.5) is 10.5 Å². The highest BCUT2D eigenvalue weighted by atomic mass is 16.5. The SMILES string of the molecule is CCNC(=O)NC(=O)C(C)Nc1cccnc1OC(C)C. The van der Waals surface area contributed by atoms with Crippen molar-refractivity contribution in [2.45, 2.75) is 39.8 Å². The quantitative estimate of drug-likeness (QED) is 0.739. The Kier molecular flexibility index (Phi) is 6.45. The number of imide groups is 1. The molecular formula is C14H22N4O3. The van der Waals surface area contributed by atoms with E-state index in [0.717, 1.165) is 0 Å². The smallest absolute Gasteiger partial charge is 0.321 e. The molecule has 0 aliphatic heterocycles. The molecule has 7 nitrogen and oxygen atoms in total. The fourth-order valence-electron chi connectivity index (χ4n) is 1.54. The number of amides is 3. The van der Waals surface area contributed by atoms with Crippen LogP contribution in [-0.2, 0) is 4.79 Å². The van der Waals surface area contributed by atoms with Gasteiger partial charge in [0.25, 0.3) is 0 Å². The first kappa shape index (κ1) is 16.7. The number of nitrogens with one attached hydrogen (secondary N) is 3. The molecule has 3 amide bonds. The normalized spacial score (nSPS) is 11.7. The monoisotopic (exact) mass is 294 g/mol. The maximum Gasteiger partial charge on any atom is 0.321 e. The van der Waals surface area contributed by atoms with E-state index in [1.165, 1.54) is 0 Å². The van der Waals surface area contributed by atoms with Crippen LogP contribution >= 0.6 is 0 Å². The summed E-state index contributed by atoms with van der Waals surface area (Å²) in [6, 6.07) is 2.39. The van der Waals surface area contributed by atoms with Gasteiger partial charge in [-0.3, -0.25) is 10.1 Å². The van der Waals surface area contributed by atoms with Gasteiger partial charge in [0, 0.05) is 12.7 Å². The summed E-state index contributed by atoms with van der Waals surface area (Å²) < 4.78 is 5.56. The lowest BCUT2D eigenvalue weighted by Crippen LogP contribution is -2.45. The number of hydrogen-bond donors (Lipinski definition) is 3. The van der Waals surface area contributed by atoms with Crippen LogP contribution in [0, 0.1) is 0 Å². The fraction of sp³-hybridized carbons (Fsp3) is 0.500. The van der Waals surface area contributed by atoms with Crippen LogP contribution in [0.15, 0.2) is 18.3 Å². The Bertz CT molecular complexity index is 491. The summed E-state index contributed by atoms with van der Waals surface area (Å²) in [5, 5.41) is 7.73. The van der Waals surface area contributed by atoms with Crippen LogP contribution in [-0.4, -0.2) is 35.6 Å². The molecule has 21 heavy (non-hydrogen) atoms. The molecule has 0 saturated carbocycles. The molecule has 0 aliphatic rings. The molecule has 0 radical (unpaired) electrons. The first-order chi connectivity index (χ1) is 9.93. The number of anilines is 1. The predicted octanol–water partition coefficient (Wildman–Crippen LogP) is 1.51. The number of rotatable bonds is 6. The Labute approximate surface area is 124 Å². The number of ether oxygens (including phenoxy) is 1. The van der Waals surface area contributed by atoms with Crippen molar-refractivity contribution in [3.05, 3.63) is 18.3 Å². The second-order valence-electron chi connectivity index (χ2n) is 4.74. The molecule has 1 aromatic rings. The molecule has 1 heterocycles. The number of carbonyl (C=O) groups is 2. The van der Waals surface area contributed by atoms with E-state index < -0.39 is 18.0 Å². The minimum atomic E-state index is -0.605. The van der Waals surface area contributed by atoms with Gasteiger partial charge in [-0.1, -0.05) is 0 Å². The van der Waals surface area contributed by atoms with Crippen LogP contribution in [0.25, 0.3) is 0 Å². The van der Waals surface area contributed by atoms with Gasteiger partial charge in [0.15, 0.2) is 0 Å². The molecule has 1 rings (SSSR count).